The Morgan fingerprint density at radius 2 is 2.17 bits per heavy atom. The summed E-state index contributed by atoms with van der Waals surface area (Å²) in [6.07, 6.45) is 1.97. The fourth-order valence-electron chi connectivity index (χ4n) is 1.54. The van der Waals surface area contributed by atoms with Crippen LogP contribution in [0.5, 0.6) is 0 Å². The third kappa shape index (κ3) is 3.16. The van der Waals surface area contributed by atoms with Crippen LogP contribution in [0.3, 0.4) is 0 Å². The van der Waals surface area contributed by atoms with Crippen molar-refractivity contribution in [3.63, 3.8) is 0 Å². The van der Waals surface area contributed by atoms with Crippen LogP contribution < -0.4 is 5.32 Å². The zero-order chi connectivity index (χ0) is 13.0. The number of rotatable bonds is 4. The van der Waals surface area contributed by atoms with Crippen LogP contribution in [0.25, 0.3) is 0 Å². The Kier molecular flexibility index (Phi) is 4.86. The summed E-state index contributed by atoms with van der Waals surface area (Å²) in [6, 6.07) is 9.63. The van der Waals surface area contributed by atoms with E-state index in [2.05, 4.69) is 21.2 Å². The van der Waals surface area contributed by atoms with Crippen molar-refractivity contribution >= 4 is 44.9 Å². The van der Waals surface area contributed by atoms with E-state index in [1.54, 1.807) is 23.1 Å². The molecule has 0 bridgehead atoms. The zero-order valence-electron chi connectivity index (χ0n) is 9.77. The molecule has 2 nitrogen and oxygen atoms in total. The van der Waals surface area contributed by atoms with E-state index >= 15 is 0 Å². The first-order chi connectivity index (χ1) is 8.72. The number of hydrogen-bond acceptors (Lipinski definition) is 3. The molecule has 0 aliphatic carbocycles. The molecule has 0 atom stereocenters. The molecule has 0 saturated heterocycles. The largest absolute Gasteiger partial charge is 0.347 e. The number of benzene rings is 1. The Balaban J connectivity index is 2.06. The van der Waals surface area contributed by atoms with Crippen LogP contribution in [0.1, 0.15) is 15.2 Å². The Hall–Kier alpha value is -0.780. The van der Waals surface area contributed by atoms with Crippen molar-refractivity contribution in [1.29, 1.82) is 0 Å². The SMILES string of the molecule is CSc1ccccc1C(=O)NCc1sccc1Br. The molecule has 1 aromatic carbocycles. The van der Waals surface area contributed by atoms with Gasteiger partial charge in [0.05, 0.1) is 12.1 Å². The lowest BCUT2D eigenvalue weighted by Crippen LogP contribution is -2.23. The van der Waals surface area contributed by atoms with Crippen LogP contribution >= 0.6 is 39.0 Å². The van der Waals surface area contributed by atoms with Gasteiger partial charge in [0, 0.05) is 14.2 Å². The molecule has 1 aromatic heterocycles. The van der Waals surface area contributed by atoms with Crippen LogP contribution in [0, 0.1) is 0 Å². The van der Waals surface area contributed by atoms with Gasteiger partial charge in [-0.1, -0.05) is 12.1 Å². The predicted octanol–water partition coefficient (Wildman–Crippen LogP) is 4.16. The third-order valence-corrected chi connectivity index (χ3v) is 5.17. The molecule has 18 heavy (non-hydrogen) atoms. The van der Waals surface area contributed by atoms with Gasteiger partial charge in [-0.2, -0.15) is 0 Å². The Labute approximate surface area is 123 Å². The van der Waals surface area contributed by atoms with E-state index in [9.17, 15) is 4.79 Å². The second-order valence-corrected chi connectivity index (χ2v) is 6.28. The summed E-state index contributed by atoms with van der Waals surface area (Å²) in [4.78, 5) is 14.2. The second kappa shape index (κ2) is 6.41. The highest BCUT2D eigenvalue weighted by molar-refractivity contribution is 9.10. The number of carbonyl (C=O) groups is 1. The van der Waals surface area contributed by atoms with E-state index in [1.807, 2.05) is 42.0 Å². The molecule has 5 heteroatoms. The van der Waals surface area contributed by atoms with Gasteiger partial charge < -0.3 is 5.32 Å². The van der Waals surface area contributed by atoms with Crippen molar-refractivity contribution in [1.82, 2.24) is 5.32 Å². The minimum absolute atomic E-state index is 0.0275. The number of thioether (sulfide) groups is 1. The van der Waals surface area contributed by atoms with Crippen molar-refractivity contribution in [2.24, 2.45) is 0 Å². The molecule has 0 radical (unpaired) electrons. The van der Waals surface area contributed by atoms with Crippen LogP contribution in [-0.2, 0) is 6.54 Å². The monoisotopic (exact) mass is 341 g/mol. The lowest BCUT2D eigenvalue weighted by molar-refractivity contribution is 0.0948. The lowest BCUT2D eigenvalue weighted by atomic mass is 10.2. The predicted molar refractivity (Wildman–Crippen MR) is 81.4 cm³/mol. The van der Waals surface area contributed by atoms with Gasteiger partial charge in [-0.15, -0.1) is 23.1 Å². The highest BCUT2D eigenvalue weighted by Crippen LogP contribution is 2.23. The minimum atomic E-state index is -0.0275. The Bertz CT molecular complexity index is 553. The van der Waals surface area contributed by atoms with Crippen LogP contribution in [0.4, 0.5) is 0 Å². The van der Waals surface area contributed by atoms with E-state index in [1.165, 1.54) is 0 Å². The second-order valence-electron chi connectivity index (χ2n) is 3.57. The molecule has 94 valence electrons. The van der Waals surface area contributed by atoms with Gasteiger partial charge in [-0.25, -0.2) is 0 Å². The summed E-state index contributed by atoms with van der Waals surface area (Å²) in [7, 11) is 0. The van der Waals surface area contributed by atoms with Crippen LogP contribution in [0.15, 0.2) is 45.1 Å². The maximum absolute atomic E-state index is 12.1. The summed E-state index contributed by atoms with van der Waals surface area (Å²) in [5.41, 5.74) is 0.734. The van der Waals surface area contributed by atoms with Crippen molar-refractivity contribution in [3.05, 3.63) is 50.6 Å². The Morgan fingerprint density at radius 1 is 1.39 bits per heavy atom. The quantitative estimate of drug-likeness (QED) is 0.846. The van der Waals surface area contributed by atoms with Gasteiger partial charge in [0.1, 0.15) is 0 Å². The fourth-order valence-corrected chi connectivity index (χ4v) is 3.57. The average Bonchev–Trinajstić information content (AvgIpc) is 2.81. The summed E-state index contributed by atoms with van der Waals surface area (Å²) >= 11 is 6.67. The van der Waals surface area contributed by atoms with E-state index < -0.39 is 0 Å². The molecule has 0 aliphatic heterocycles. The summed E-state index contributed by atoms with van der Waals surface area (Å²) in [5.74, 6) is -0.0275. The standard InChI is InChI=1S/C13H12BrNOS2/c1-17-11-5-3-2-4-9(11)13(16)15-8-12-10(14)6-7-18-12/h2-7H,8H2,1H3,(H,15,16). The number of carbonyl (C=O) groups excluding carboxylic acids is 1. The number of halogens is 1. The van der Waals surface area contributed by atoms with Crippen molar-refractivity contribution in [2.45, 2.75) is 11.4 Å². The normalized spacial score (nSPS) is 10.3. The number of hydrogen-bond donors (Lipinski definition) is 1. The molecule has 1 amide bonds. The molecular formula is C13H12BrNOS2. The van der Waals surface area contributed by atoms with Crippen LogP contribution in [-0.4, -0.2) is 12.2 Å². The fraction of sp³-hybridized carbons (Fsp3) is 0.154. The van der Waals surface area contributed by atoms with Gasteiger partial charge in [-0.3, -0.25) is 4.79 Å². The first-order valence-corrected chi connectivity index (χ1v) is 8.25. The third-order valence-electron chi connectivity index (χ3n) is 2.45. The maximum atomic E-state index is 12.1. The first kappa shape index (κ1) is 13.6. The number of nitrogens with one attached hydrogen (secondary N) is 1. The summed E-state index contributed by atoms with van der Waals surface area (Å²) < 4.78 is 1.05. The molecule has 0 unspecified atom stereocenters. The first-order valence-electron chi connectivity index (χ1n) is 5.35. The molecule has 0 aliphatic rings. The number of thiophene rings is 1. The van der Waals surface area contributed by atoms with Crippen molar-refractivity contribution < 1.29 is 4.79 Å². The highest BCUT2D eigenvalue weighted by atomic mass is 79.9. The van der Waals surface area contributed by atoms with E-state index in [-0.39, 0.29) is 5.91 Å². The topological polar surface area (TPSA) is 29.1 Å². The van der Waals surface area contributed by atoms with Gasteiger partial charge in [0.2, 0.25) is 0 Å². The molecule has 1 heterocycles. The summed E-state index contributed by atoms with van der Waals surface area (Å²) in [6.45, 7) is 0.555. The van der Waals surface area contributed by atoms with Gasteiger partial charge in [-0.05, 0) is 45.8 Å². The summed E-state index contributed by atoms with van der Waals surface area (Å²) in [5, 5.41) is 4.95. The molecule has 2 aromatic rings. The van der Waals surface area contributed by atoms with Gasteiger partial charge in [0.15, 0.2) is 0 Å². The van der Waals surface area contributed by atoms with Gasteiger partial charge >= 0.3 is 0 Å². The smallest absolute Gasteiger partial charge is 0.252 e. The van der Waals surface area contributed by atoms with Crippen molar-refractivity contribution in [2.75, 3.05) is 6.26 Å². The molecule has 2 rings (SSSR count). The van der Waals surface area contributed by atoms with E-state index in [4.69, 9.17) is 0 Å². The van der Waals surface area contributed by atoms with Crippen LogP contribution in [0.2, 0.25) is 0 Å². The molecule has 0 saturated carbocycles. The molecule has 0 spiro atoms. The average molecular weight is 342 g/mol. The molecular weight excluding hydrogens is 330 g/mol. The highest BCUT2D eigenvalue weighted by Gasteiger charge is 2.10. The van der Waals surface area contributed by atoms with E-state index in [0.717, 1.165) is 19.8 Å². The van der Waals surface area contributed by atoms with Crippen molar-refractivity contribution in [3.8, 4) is 0 Å². The Morgan fingerprint density at radius 3 is 2.83 bits per heavy atom. The lowest BCUT2D eigenvalue weighted by Gasteiger charge is -2.07. The zero-order valence-corrected chi connectivity index (χ0v) is 13.0. The maximum Gasteiger partial charge on any atom is 0.252 e. The van der Waals surface area contributed by atoms with Gasteiger partial charge in [0.25, 0.3) is 5.91 Å². The minimum Gasteiger partial charge on any atom is -0.347 e. The molecule has 1 N–H and O–H groups in total. The molecule has 0 fully saturated rings. The number of amides is 1. The van der Waals surface area contributed by atoms with E-state index in [0.29, 0.717) is 6.54 Å².